The summed E-state index contributed by atoms with van der Waals surface area (Å²) in [6.45, 7) is 4.05. The average Bonchev–Trinajstić information content (AvgIpc) is 2.88. The zero-order valence-electron chi connectivity index (χ0n) is 19.6. The predicted molar refractivity (Wildman–Crippen MR) is 138 cm³/mol. The second kappa shape index (κ2) is 11.7. The van der Waals surface area contributed by atoms with E-state index in [0.717, 1.165) is 43.3 Å². The number of benzene rings is 3. The quantitative estimate of drug-likeness (QED) is 0.423. The van der Waals surface area contributed by atoms with Crippen molar-refractivity contribution in [2.75, 3.05) is 43.0 Å². The van der Waals surface area contributed by atoms with Gasteiger partial charge in [-0.3, -0.25) is 9.80 Å². The first-order valence-corrected chi connectivity index (χ1v) is 12.1. The monoisotopic (exact) mass is 441 g/mol. The van der Waals surface area contributed by atoms with Crippen molar-refractivity contribution in [2.45, 2.75) is 25.7 Å². The number of piperidine rings is 1. The number of hydrogen-bond donors (Lipinski definition) is 0. The minimum Gasteiger partial charge on any atom is -0.303 e. The highest BCUT2D eigenvalue weighted by atomic mass is 16.2. The number of urea groups is 1. The fourth-order valence-corrected chi connectivity index (χ4v) is 4.70. The van der Waals surface area contributed by atoms with Gasteiger partial charge in [0.15, 0.2) is 0 Å². The molecule has 1 heterocycles. The average molecular weight is 442 g/mol. The molecule has 4 heteroatoms. The molecule has 1 aliphatic heterocycles. The van der Waals surface area contributed by atoms with Gasteiger partial charge in [-0.05, 0) is 81.1 Å². The molecule has 0 N–H and O–H groups in total. The van der Waals surface area contributed by atoms with E-state index in [-0.39, 0.29) is 6.03 Å². The minimum absolute atomic E-state index is 0.00830. The van der Waals surface area contributed by atoms with Crippen molar-refractivity contribution in [3.8, 4) is 0 Å². The molecule has 172 valence electrons. The van der Waals surface area contributed by atoms with Crippen LogP contribution in [0, 0.1) is 5.92 Å². The van der Waals surface area contributed by atoms with Crippen molar-refractivity contribution >= 4 is 17.4 Å². The molecule has 0 bridgehead atoms. The maximum atomic E-state index is 13.4. The SMILES string of the molecule is CN(C(=O)N(CCCN1CCC(Cc2ccccc2)CC1)c1ccccc1)c1ccccc1. The van der Waals surface area contributed by atoms with Crippen LogP contribution in [0.2, 0.25) is 0 Å². The van der Waals surface area contributed by atoms with Gasteiger partial charge in [0, 0.05) is 25.0 Å². The third-order valence-electron chi connectivity index (χ3n) is 6.66. The van der Waals surface area contributed by atoms with Gasteiger partial charge in [0.05, 0.1) is 0 Å². The number of nitrogens with zero attached hydrogens (tertiary/aromatic N) is 3. The molecule has 4 nitrogen and oxygen atoms in total. The van der Waals surface area contributed by atoms with Gasteiger partial charge in [0.2, 0.25) is 0 Å². The molecular formula is C29H35N3O. The number of hydrogen-bond acceptors (Lipinski definition) is 2. The van der Waals surface area contributed by atoms with Gasteiger partial charge in [0.25, 0.3) is 0 Å². The van der Waals surface area contributed by atoms with Crippen LogP contribution in [0.25, 0.3) is 0 Å². The number of carbonyl (C=O) groups excluding carboxylic acids is 1. The van der Waals surface area contributed by atoms with E-state index in [0.29, 0.717) is 6.54 Å². The highest BCUT2D eigenvalue weighted by molar-refractivity contribution is 6.03. The summed E-state index contributed by atoms with van der Waals surface area (Å²) < 4.78 is 0. The van der Waals surface area contributed by atoms with Crippen molar-refractivity contribution in [3.05, 3.63) is 96.6 Å². The number of rotatable bonds is 8. The normalized spacial score (nSPS) is 14.7. The Morgan fingerprint density at radius 2 is 1.36 bits per heavy atom. The largest absolute Gasteiger partial charge is 0.328 e. The zero-order valence-corrected chi connectivity index (χ0v) is 19.6. The molecule has 3 aromatic carbocycles. The van der Waals surface area contributed by atoms with E-state index in [1.54, 1.807) is 4.90 Å². The summed E-state index contributed by atoms with van der Waals surface area (Å²) in [5.41, 5.74) is 3.31. The summed E-state index contributed by atoms with van der Waals surface area (Å²) >= 11 is 0. The van der Waals surface area contributed by atoms with Crippen LogP contribution >= 0.6 is 0 Å². The van der Waals surface area contributed by atoms with Crippen LogP contribution in [0.5, 0.6) is 0 Å². The second-order valence-electron chi connectivity index (χ2n) is 8.99. The fourth-order valence-electron chi connectivity index (χ4n) is 4.70. The zero-order chi connectivity index (χ0) is 22.9. The Hall–Kier alpha value is -3.11. The molecule has 0 radical (unpaired) electrons. The molecule has 4 rings (SSSR count). The molecule has 0 unspecified atom stereocenters. The fraction of sp³-hybridized carbons (Fsp3) is 0.345. The lowest BCUT2D eigenvalue weighted by Gasteiger charge is -2.33. The van der Waals surface area contributed by atoms with Gasteiger partial charge in [-0.2, -0.15) is 0 Å². The van der Waals surface area contributed by atoms with Crippen LogP contribution in [0.3, 0.4) is 0 Å². The van der Waals surface area contributed by atoms with Gasteiger partial charge in [0.1, 0.15) is 0 Å². The molecule has 0 saturated carbocycles. The summed E-state index contributed by atoms with van der Waals surface area (Å²) in [7, 11) is 1.85. The van der Waals surface area contributed by atoms with Gasteiger partial charge >= 0.3 is 6.03 Å². The number of amides is 2. The smallest absolute Gasteiger partial charge is 0.303 e. The molecule has 2 amide bonds. The van der Waals surface area contributed by atoms with Crippen molar-refractivity contribution < 1.29 is 4.79 Å². The van der Waals surface area contributed by atoms with Crippen LogP contribution in [0.15, 0.2) is 91.0 Å². The molecule has 0 atom stereocenters. The first-order valence-electron chi connectivity index (χ1n) is 12.1. The van der Waals surface area contributed by atoms with Crippen LogP contribution in [0.1, 0.15) is 24.8 Å². The topological polar surface area (TPSA) is 26.8 Å². The Labute approximate surface area is 198 Å². The Balaban J connectivity index is 1.30. The van der Waals surface area contributed by atoms with Crippen LogP contribution in [-0.4, -0.2) is 44.2 Å². The third-order valence-corrected chi connectivity index (χ3v) is 6.66. The van der Waals surface area contributed by atoms with Gasteiger partial charge in [-0.25, -0.2) is 4.79 Å². The van der Waals surface area contributed by atoms with Crippen molar-refractivity contribution in [1.82, 2.24) is 4.90 Å². The molecular weight excluding hydrogens is 406 g/mol. The molecule has 0 spiro atoms. The maximum Gasteiger partial charge on any atom is 0.328 e. The molecule has 1 saturated heterocycles. The Morgan fingerprint density at radius 3 is 1.97 bits per heavy atom. The Morgan fingerprint density at radius 1 is 0.818 bits per heavy atom. The van der Waals surface area contributed by atoms with E-state index in [1.165, 1.54) is 24.8 Å². The minimum atomic E-state index is 0.00830. The van der Waals surface area contributed by atoms with Crippen LogP contribution < -0.4 is 9.80 Å². The highest BCUT2D eigenvalue weighted by Gasteiger charge is 2.22. The number of carbonyl (C=O) groups is 1. The van der Waals surface area contributed by atoms with Gasteiger partial charge < -0.3 is 4.90 Å². The third kappa shape index (κ3) is 6.45. The summed E-state index contributed by atoms with van der Waals surface area (Å²) in [6, 6.07) is 30.7. The first kappa shape index (κ1) is 23.1. The maximum absolute atomic E-state index is 13.4. The molecule has 1 aliphatic rings. The lowest BCUT2D eigenvalue weighted by molar-refractivity contribution is 0.183. The summed E-state index contributed by atoms with van der Waals surface area (Å²) in [5, 5.41) is 0. The molecule has 0 aliphatic carbocycles. The Kier molecular flexibility index (Phi) is 8.15. The molecule has 0 aromatic heterocycles. The van der Waals surface area contributed by atoms with Crippen molar-refractivity contribution in [3.63, 3.8) is 0 Å². The van der Waals surface area contributed by atoms with Gasteiger partial charge in [-0.1, -0.05) is 66.7 Å². The van der Waals surface area contributed by atoms with E-state index >= 15 is 0 Å². The van der Waals surface area contributed by atoms with E-state index in [1.807, 2.05) is 72.6 Å². The number of anilines is 2. The van der Waals surface area contributed by atoms with E-state index in [9.17, 15) is 4.79 Å². The van der Waals surface area contributed by atoms with E-state index < -0.39 is 0 Å². The Bertz CT molecular complexity index is 970. The summed E-state index contributed by atoms with van der Waals surface area (Å²) in [4.78, 5) is 19.6. The summed E-state index contributed by atoms with van der Waals surface area (Å²) in [5.74, 6) is 0.783. The number of likely N-dealkylation sites (tertiary alicyclic amines) is 1. The lowest BCUT2D eigenvalue weighted by atomic mass is 9.90. The highest BCUT2D eigenvalue weighted by Crippen LogP contribution is 2.23. The molecule has 3 aromatic rings. The lowest BCUT2D eigenvalue weighted by Crippen LogP contribution is -2.43. The van der Waals surface area contributed by atoms with Crippen LogP contribution in [0.4, 0.5) is 16.2 Å². The van der Waals surface area contributed by atoms with E-state index in [4.69, 9.17) is 0 Å². The first-order chi connectivity index (χ1) is 16.2. The van der Waals surface area contributed by atoms with Crippen molar-refractivity contribution in [1.29, 1.82) is 0 Å². The molecule has 1 fully saturated rings. The second-order valence-corrected chi connectivity index (χ2v) is 8.99. The standard InChI is InChI=1S/C29H35N3O/c1-30(27-14-7-3-8-15-27)29(33)32(28-16-9-4-10-17-28)21-11-20-31-22-18-26(19-23-31)24-25-12-5-2-6-13-25/h2-10,12-17,26H,11,18-24H2,1H3. The summed E-state index contributed by atoms with van der Waals surface area (Å²) in [6.07, 6.45) is 4.67. The van der Waals surface area contributed by atoms with Gasteiger partial charge in [-0.15, -0.1) is 0 Å². The molecule has 33 heavy (non-hydrogen) atoms. The van der Waals surface area contributed by atoms with Crippen LogP contribution in [-0.2, 0) is 6.42 Å². The van der Waals surface area contributed by atoms with E-state index in [2.05, 4.69) is 35.2 Å². The number of para-hydroxylation sites is 2. The van der Waals surface area contributed by atoms with Crippen molar-refractivity contribution in [2.24, 2.45) is 5.92 Å². The predicted octanol–water partition coefficient (Wildman–Crippen LogP) is 6.09.